The number of carbonyl (C=O) groups excluding carboxylic acids is 3. The van der Waals surface area contributed by atoms with Gasteiger partial charge in [-0.25, -0.2) is 17.5 Å². The molecule has 0 unspecified atom stereocenters. The van der Waals surface area contributed by atoms with E-state index in [1.54, 1.807) is 60.7 Å². The van der Waals surface area contributed by atoms with Crippen LogP contribution >= 0.6 is 11.6 Å². The number of nitrogens with zero attached hydrogens (tertiary/aromatic N) is 2. The number of ketones is 1. The van der Waals surface area contributed by atoms with Crippen molar-refractivity contribution in [3.8, 4) is 5.75 Å². The molecule has 0 aliphatic carbocycles. The third-order valence-corrected chi connectivity index (χ3v) is 11.5. The number of fused-ring (bicyclic) bond motifs is 1. The van der Waals surface area contributed by atoms with Crippen LogP contribution < -0.4 is 14.8 Å². The van der Waals surface area contributed by atoms with Crippen molar-refractivity contribution in [2.45, 2.75) is 71.5 Å². The Balaban J connectivity index is 1.56. The molecule has 2 aromatic carbocycles. The summed E-state index contributed by atoms with van der Waals surface area (Å²) in [6.45, 7) is 10.6. The summed E-state index contributed by atoms with van der Waals surface area (Å²) >= 11 is 5.87. The first-order chi connectivity index (χ1) is 20.4. The maximum absolute atomic E-state index is 14.4. The molecular formula is C30H38ClFN4O6SSi. The van der Waals surface area contributed by atoms with E-state index in [2.05, 4.69) is 23.1 Å². The molecule has 1 aliphatic rings. The summed E-state index contributed by atoms with van der Waals surface area (Å²) in [6.07, 6.45) is 2.05. The Bertz CT molecular complexity index is 1720. The van der Waals surface area contributed by atoms with Gasteiger partial charge in [0.25, 0.3) is 0 Å². The molecule has 1 fully saturated rings. The molecule has 1 aliphatic heterocycles. The van der Waals surface area contributed by atoms with Crippen molar-refractivity contribution in [3.63, 3.8) is 0 Å². The number of aromatic nitrogens is 1. The van der Waals surface area contributed by atoms with Crippen LogP contribution in [0.5, 0.6) is 5.75 Å². The minimum atomic E-state index is -3.75. The predicted molar refractivity (Wildman–Crippen MR) is 170 cm³/mol. The number of hydrogen-bond donors (Lipinski definition) is 2. The number of halogens is 2. The van der Waals surface area contributed by atoms with Crippen molar-refractivity contribution in [2.75, 3.05) is 12.1 Å². The van der Waals surface area contributed by atoms with E-state index < -0.39 is 41.4 Å². The maximum atomic E-state index is 14.4. The van der Waals surface area contributed by atoms with E-state index in [1.165, 1.54) is 19.1 Å². The van der Waals surface area contributed by atoms with Gasteiger partial charge in [-0.2, -0.15) is 0 Å². The Morgan fingerprint density at radius 1 is 1.16 bits per heavy atom. The zero-order valence-corrected chi connectivity index (χ0v) is 28.2. The Hall–Kier alpha value is -3.26. The fraction of sp³-hybridized carbons (Fsp3) is 0.433. The van der Waals surface area contributed by atoms with Crippen LogP contribution in [0.2, 0.25) is 24.2 Å². The Morgan fingerprint density at radius 3 is 2.52 bits per heavy atom. The number of nitrogens with one attached hydrogen (secondary N) is 2. The van der Waals surface area contributed by atoms with E-state index in [0.717, 1.165) is 0 Å². The van der Waals surface area contributed by atoms with Gasteiger partial charge in [-0.3, -0.25) is 14.4 Å². The zero-order valence-electron chi connectivity index (χ0n) is 25.7. The molecule has 10 nitrogen and oxygen atoms in total. The van der Waals surface area contributed by atoms with Gasteiger partial charge >= 0.3 is 0 Å². The molecule has 14 heteroatoms. The summed E-state index contributed by atoms with van der Waals surface area (Å²) in [6, 6.07) is 9.21. The van der Waals surface area contributed by atoms with Crippen molar-refractivity contribution in [1.29, 1.82) is 0 Å². The highest BCUT2D eigenvalue weighted by Gasteiger charge is 2.44. The molecule has 2 N–H and O–H groups in total. The molecule has 2 heterocycles. The molecule has 44 heavy (non-hydrogen) atoms. The van der Waals surface area contributed by atoms with Gasteiger partial charge in [0.1, 0.15) is 24.2 Å². The van der Waals surface area contributed by atoms with Gasteiger partial charge in [-0.1, -0.05) is 36.8 Å². The molecular weight excluding hydrogens is 627 g/mol. The molecule has 0 radical (unpaired) electrons. The number of benzene rings is 2. The number of carbonyl (C=O) groups is 3. The van der Waals surface area contributed by atoms with Gasteiger partial charge < -0.3 is 19.5 Å². The molecule has 1 atom stereocenters. The molecule has 4 rings (SSSR count). The average molecular weight is 665 g/mol. The van der Waals surface area contributed by atoms with Crippen molar-refractivity contribution < 1.29 is 31.9 Å². The maximum Gasteiger partial charge on any atom is 0.247 e. The minimum absolute atomic E-state index is 0.0383. The van der Waals surface area contributed by atoms with Crippen LogP contribution in [0.15, 0.2) is 42.6 Å². The highest BCUT2D eigenvalue weighted by molar-refractivity contribution is 7.89. The molecule has 1 saturated heterocycles. The first kappa shape index (κ1) is 33.6. The number of hydrogen-bond acceptors (Lipinski definition) is 6. The van der Waals surface area contributed by atoms with E-state index in [0.29, 0.717) is 28.7 Å². The smallest absolute Gasteiger partial charge is 0.247 e. The SMILES string of the molecule is CC(=O)c1cn(CC(=O)N2C[Si](C)(C)C[C@H]2C(=O)NCc2cccc(Cl)c2F)c2cc(OCS(=O)(=O)NC(C)(C)C)ccc12. The monoisotopic (exact) mass is 664 g/mol. The lowest BCUT2D eigenvalue weighted by Gasteiger charge is -2.25. The number of amides is 2. The average Bonchev–Trinajstić information content (AvgIpc) is 3.43. The molecule has 2 amide bonds. The summed E-state index contributed by atoms with van der Waals surface area (Å²) in [4.78, 5) is 41.1. The van der Waals surface area contributed by atoms with Crippen molar-refractivity contribution >= 4 is 58.2 Å². The molecule has 0 saturated carbocycles. The van der Waals surface area contributed by atoms with Crippen LogP contribution in [0, 0.1) is 5.82 Å². The van der Waals surface area contributed by atoms with Crippen LogP contribution in [-0.4, -0.2) is 67.2 Å². The highest BCUT2D eigenvalue weighted by Crippen LogP contribution is 2.30. The van der Waals surface area contributed by atoms with E-state index in [9.17, 15) is 27.2 Å². The second-order valence-corrected chi connectivity index (χ2v) is 20.1. The van der Waals surface area contributed by atoms with Crippen LogP contribution in [0.3, 0.4) is 0 Å². The number of rotatable bonds is 10. The lowest BCUT2D eigenvalue weighted by atomic mass is 10.1. The Morgan fingerprint density at radius 2 is 1.86 bits per heavy atom. The number of ether oxygens (including phenoxy) is 1. The first-order valence-corrected chi connectivity index (χ1v) is 19.6. The summed E-state index contributed by atoms with van der Waals surface area (Å²) in [5, 5.41) is 3.31. The van der Waals surface area contributed by atoms with E-state index >= 15 is 0 Å². The van der Waals surface area contributed by atoms with E-state index in [-0.39, 0.29) is 47.0 Å². The number of sulfonamides is 1. The van der Waals surface area contributed by atoms with Gasteiger partial charge in [0.2, 0.25) is 27.8 Å². The molecule has 0 bridgehead atoms. The summed E-state index contributed by atoms with van der Waals surface area (Å²) < 4.78 is 49.0. The summed E-state index contributed by atoms with van der Waals surface area (Å²) in [5.74, 6) is -1.86. The van der Waals surface area contributed by atoms with Crippen molar-refractivity contribution in [2.24, 2.45) is 0 Å². The Kier molecular flexibility index (Phi) is 9.64. The standard InChI is InChI=1S/C30H38ClFN4O6SSi/c1-19(37)23-14-35(25-12-21(10-11-22(23)25)42-18-43(40,41)34-30(2,3)4)15-27(38)36-17-44(5,6)16-26(36)29(39)33-13-20-8-7-9-24(31)28(20)32/h7-12,14,26,34H,13,15-18H2,1-6H3,(H,33,39)/t26-/m0/s1. The molecule has 238 valence electrons. The van der Waals surface area contributed by atoms with Crippen LogP contribution in [0.4, 0.5) is 4.39 Å². The largest absolute Gasteiger partial charge is 0.476 e. The minimum Gasteiger partial charge on any atom is -0.476 e. The fourth-order valence-corrected chi connectivity index (χ4v) is 9.78. The van der Waals surface area contributed by atoms with Gasteiger partial charge in [0.05, 0.1) is 18.6 Å². The molecule has 3 aromatic rings. The van der Waals surface area contributed by atoms with E-state index in [4.69, 9.17) is 16.3 Å². The van der Waals surface area contributed by atoms with Crippen LogP contribution in [-0.2, 0) is 32.7 Å². The third-order valence-electron chi connectivity index (χ3n) is 7.21. The topological polar surface area (TPSA) is 127 Å². The zero-order chi connectivity index (χ0) is 32.6. The van der Waals surface area contributed by atoms with Crippen LogP contribution in [0.25, 0.3) is 10.9 Å². The second kappa shape index (κ2) is 12.6. The fourth-order valence-electron chi connectivity index (χ4n) is 5.40. The van der Waals surface area contributed by atoms with Crippen molar-refractivity contribution in [3.05, 3.63) is 64.6 Å². The summed E-state index contributed by atoms with van der Waals surface area (Å²) in [5.41, 5.74) is 0.477. The molecule has 0 spiro atoms. The third kappa shape index (κ3) is 8.06. The van der Waals surface area contributed by atoms with Crippen LogP contribution in [0.1, 0.15) is 43.6 Å². The van der Waals surface area contributed by atoms with Gasteiger partial charge in [0.15, 0.2) is 5.78 Å². The van der Waals surface area contributed by atoms with Gasteiger partial charge in [0, 0.05) is 47.0 Å². The lowest BCUT2D eigenvalue weighted by Crippen LogP contribution is -2.46. The van der Waals surface area contributed by atoms with Gasteiger partial charge in [-0.05, 0) is 51.9 Å². The lowest BCUT2D eigenvalue weighted by molar-refractivity contribution is -0.138. The predicted octanol–water partition coefficient (Wildman–Crippen LogP) is 4.47. The second-order valence-electron chi connectivity index (χ2n) is 13.0. The highest BCUT2D eigenvalue weighted by atomic mass is 35.5. The molecule has 1 aromatic heterocycles. The quantitative estimate of drug-likeness (QED) is 0.243. The normalized spacial score (nSPS) is 16.7. The number of Topliss-reactive ketones (excluding diaryl/α,β-unsaturated/α-hetero) is 1. The first-order valence-electron chi connectivity index (χ1n) is 14.1. The Labute approximate surface area is 262 Å². The van der Waals surface area contributed by atoms with Gasteiger partial charge in [-0.15, -0.1) is 0 Å². The van der Waals surface area contributed by atoms with Crippen molar-refractivity contribution in [1.82, 2.24) is 19.5 Å². The van der Waals surface area contributed by atoms with E-state index in [1.807, 2.05) is 0 Å². The summed E-state index contributed by atoms with van der Waals surface area (Å²) in [7, 11) is -5.70.